The summed E-state index contributed by atoms with van der Waals surface area (Å²) in [5, 5.41) is 4.09. The van der Waals surface area contributed by atoms with Crippen LogP contribution in [0.15, 0.2) is 35.4 Å². The number of ether oxygens (including phenoxy) is 1. The number of rotatable bonds is 6. The van der Waals surface area contributed by atoms with Crippen LogP contribution in [0, 0.1) is 21.0 Å². The normalized spacial score (nSPS) is 11.2. The minimum absolute atomic E-state index is 0.126. The third-order valence-corrected chi connectivity index (χ3v) is 5.23. The van der Waals surface area contributed by atoms with Crippen molar-refractivity contribution in [1.82, 2.24) is 5.43 Å². The smallest absolute Gasteiger partial charge is 0.244 e. The molecule has 0 aliphatic rings. The number of carbonyl (C=O) groups is 1. The van der Waals surface area contributed by atoms with E-state index in [-0.39, 0.29) is 12.0 Å². The molecule has 0 spiro atoms. The summed E-state index contributed by atoms with van der Waals surface area (Å²) in [7, 11) is 0. The monoisotopic (exact) mass is 576 g/mol. The number of nitrogens with one attached hydrogen (secondary N) is 1. The van der Waals surface area contributed by atoms with Gasteiger partial charge in [-0.05, 0) is 102 Å². The maximum atomic E-state index is 12.1. The Kier molecular flexibility index (Phi) is 7.87. The Bertz CT molecular complexity index is 810. The number of nitrogens with zero attached hydrogens (tertiary/aromatic N) is 1. The van der Waals surface area contributed by atoms with E-state index in [1.807, 2.05) is 52.0 Å². The van der Waals surface area contributed by atoms with Crippen LogP contribution in [0.25, 0.3) is 0 Å². The fourth-order valence-electron chi connectivity index (χ4n) is 2.44. The molecule has 1 N–H and O–H groups in total. The molecule has 26 heavy (non-hydrogen) atoms. The molecule has 0 aromatic heterocycles. The van der Waals surface area contributed by atoms with E-state index in [2.05, 4.69) is 61.8 Å². The first-order chi connectivity index (χ1) is 12.3. The first-order valence-corrected chi connectivity index (χ1v) is 10.5. The van der Waals surface area contributed by atoms with Crippen LogP contribution in [0.1, 0.15) is 36.1 Å². The molecular formula is C20H22I2N2O2. The van der Waals surface area contributed by atoms with E-state index >= 15 is 0 Å². The summed E-state index contributed by atoms with van der Waals surface area (Å²) in [6, 6.07) is 10.1. The molecule has 0 saturated carbocycles. The fraction of sp³-hybridized carbons (Fsp3) is 0.300. The third kappa shape index (κ3) is 6.22. The van der Waals surface area contributed by atoms with Crippen LogP contribution < -0.4 is 10.2 Å². The number of carbonyl (C=O) groups excluding carboxylic acids is 1. The zero-order chi connectivity index (χ0) is 19.3. The summed E-state index contributed by atoms with van der Waals surface area (Å²) in [6.45, 7) is 8.07. The average Bonchev–Trinajstić information content (AvgIpc) is 2.53. The molecule has 0 unspecified atom stereocenters. The Labute approximate surface area is 182 Å². The van der Waals surface area contributed by atoms with Gasteiger partial charge >= 0.3 is 0 Å². The zero-order valence-electron chi connectivity index (χ0n) is 15.3. The maximum absolute atomic E-state index is 12.1. The van der Waals surface area contributed by atoms with Gasteiger partial charge in [-0.15, -0.1) is 0 Å². The molecule has 0 radical (unpaired) electrons. The van der Waals surface area contributed by atoms with E-state index in [0.717, 1.165) is 29.6 Å². The number of benzene rings is 2. The maximum Gasteiger partial charge on any atom is 0.244 e. The van der Waals surface area contributed by atoms with Gasteiger partial charge in [0.2, 0.25) is 5.91 Å². The van der Waals surface area contributed by atoms with Crippen LogP contribution in [0.5, 0.6) is 5.75 Å². The lowest BCUT2D eigenvalue weighted by molar-refractivity contribution is -0.120. The van der Waals surface area contributed by atoms with Crippen LogP contribution in [0.4, 0.5) is 0 Å². The van der Waals surface area contributed by atoms with Gasteiger partial charge in [-0.1, -0.05) is 23.8 Å². The quantitative estimate of drug-likeness (QED) is 0.300. The molecule has 1 amide bonds. The molecule has 138 valence electrons. The van der Waals surface area contributed by atoms with Crippen molar-refractivity contribution in [2.45, 2.75) is 40.2 Å². The highest BCUT2D eigenvalue weighted by Crippen LogP contribution is 2.29. The molecule has 0 saturated heterocycles. The fourth-order valence-corrected chi connectivity index (χ4v) is 4.51. The van der Waals surface area contributed by atoms with E-state index in [4.69, 9.17) is 4.74 Å². The van der Waals surface area contributed by atoms with E-state index in [1.165, 1.54) is 5.56 Å². The second kappa shape index (κ2) is 9.68. The van der Waals surface area contributed by atoms with Crippen LogP contribution in [-0.4, -0.2) is 18.2 Å². The molecule has 2 rings (SSSR count). The van der Waals surface area contributed by atoms with Gasteiger partial charge in [0.1, 0.15) is 5.75 Å². The summed E-state index contributed by atoms with van der Waals surface area (Å²) in [5.74, 6) is 0.759. The number of aryl methyl sites for hydroxylation is 2. The summed E-state index contributed by atoms with van der Waals surface area (Å²) >= 11 is 4.51. The predicted octanol–water partition coefficient (Wildman–Crippen LogP) is 4.99. The zero-order valence-corrected chi connectivity index (χ0v) is 19.6. The number of hydrogen-bond donors (Lipinski definition) is 1. The van der Waals surface area contributed by atoms with Crippen LogP contribution in [0.2, 0.25) is 0 Å². The van der Waals surface area contributed by atoms with Gasteiger partial charge in [0, 0.05) is 0 Å². The number of halogens is 2. The lowest BCUT2D eigenvalue weighted by Gasteiger charge is -2.14. The highest BCUT2D eigenvalue weighted by atomic mass is 127. The Morgan fingerprint density at radius 1 is 1.19 bits per heavy atom. The molecule has 2 aromatic carbocycles. The Hall–Kier alpha value is -1.16. The molecule has 6 heteroatoms. The van der Waals surface area contributed by atoms with Gasteiger partial charge in [-0.25, -0.2) is 5.43 Å². The standard InChI is InChI=1S/C20H22I2N2O2/c1-12(2)26-20-17(21)8-15(9-18(20)22)11-23-24-19(25)10-16-6-5-13(3)7-14(16)4/h5-9,11-12H,10H2,1-4H3,(H,24,25)/b23-11-. The molecule has 0 aliphatic carbocycles. The van der Waals surface area contributed by atoms with Gasteiger partial charge in [0.15, 0.2) is 0 Å². The number of hydrazone groups is 1. The minimum atomic E-state index is -0.127. The largest absolute Gasteiger partial charge is 0.489 e. The van der Waals surface area contributed by atoms with E-state index < -0.39 is 0 Å². The van der Waals surface area contributed by atoms with Crippen LogP contribution >= 0.6 is 45.2 Å². The molecule has 0 atom stereocenters. The Morgan fingerprint density at radius 2 is 1.85 bits per heavy atom. The Morgan fingerprint density at radius 3 is 2.42 bits per heavy atom. The van der Waals surface area contributed by atoms with Crippen molar-refractivity contribution in [3.05, 3.63) is 59.7 Å². The first-order valence-electron chi connectivity index (χ1n) is 8.30. The molecule has 0 aliphatic heterocycles. The molecule has 0 bridgehead atoms. The van der Waals surface area contributed by atoms with Gasteiger partial charge < -0.3 is 4.74 Å². The van der Waals surface area contributed by atoms with Crippen molar-refractivity contribution < 1.29 is 9.53 Å². The lowest BCUT2D eigenvalue weighted by Crippen LogP contribution is -2.20. The predicted molar refractivity (Wildman–Crippen MR) is 123 cm³/mol. The van der Waals surface area contributed by atoms with E-state index in [1.54, 1.807) is 6.21 Å². The van der Waals surface area contributed by atoms with Crippen LogP contribution in [0.3, 0.4) is 0 Å². The second-order valence-corrected chi connectivity index (χ2v) is 8.70. The summed E-state index contributed by atoms with van der Waals surface area (Å²) in [5.41, 5.74) is 6.85. The minimum Gasteiger partial charge on any atom is -0.489 e. The molecule has 0 fully saturated rings. The van der Waals surface area contributed by atoms with Crippen molar-refractivity contribution >= 4 is 57.3 Å². The Balaban J connectivity index is 2.00. The summed E-state index contributed by atoms with van der Waals surface area (Å²) in [4.78, 5) is 12.1. The average molecular weight is 576 g/mol. The highest BCUT2D eigenvalue weighted by Gasteiger charge is 2.10. The first kappa shape index (κ1) is 21.1. The molecule has 0 heterocycles. The molecular weight excluding hydrogens is 554 g/mol. The molecule has 2 aromatic rings. The van der Waals surface area contributed by atoms with Crippen molar-refractivity contribution in [3.8, 4) is 5.75 Å². The summed E-state index contributed by atoms with van der Waals surface area (Å²) in [6.07, 6.45) is 2.10. The topological polar surface area (TPSA) is 50.7 Å². The van der Waals surface area contributed by atoms with Crippen molar-refractivity contribution in [1.29, 1.82) is 0 Å². The van der Waals surface area contributed by atoms with Crippen LogP contribution in [-0.2, 0) is 11.2 Å². The second-order valence-electron chi connectivity index (χ2n) is 6.38. The van der Waals surface area contributed by atoms with E-state index in [9.17, 15) is 4.79 Å². The van der Waals surface area contributed by atoms with Gasteiger partial charge in [0.05, 0.1) is 25.9 Å². The van der Waals surface area contributed by atoms with Gasteiger partial charge in [-0.3, -0.25) is 4.79 Å². The van der Waals surface area contributed by atoms with Gasteiger partial charge in [0.25, 0.3) is 0 Å². The third-order valence-electron chi connectivity index (χ3n) is 3.63. The molecule has 4 nitrogen and oxygen atoms in total. The number of amides is 1. The van der Waals surface area contributed by atoms with Crippen molar-refractivity contribution in [2.24, 2.45) is 5.10 Å². The SMILES string of the molecule is Cc1ccc(CC(=O)N/N=C\c2cc(I)c(OC(C)C)c(I)c2)c(C)c1. The summed E-state index contributed by atoms with van der Waals surface area (Å²) < 4.78 is 7.87. The van der Waals surface area contributed by atoms with Crippen molar-refractivity contribution in [2.75, 3.05) is 0 Å². The van der Waals surface area contributed by atoms with Crippen molar-refractivity contribution in [3.63, 3.8) is 0 Å². The van der Waals surface area contributed by atoms with Gasteiger partial charge in [-0.2, -0.15) is 5.10 Å². The highest BCUT2D eigenvalue weighted by molar-refractivity contribution is 14.1. The number of hydrogen-bond acceptors (Lipinski definition) is 3. The lowest BCUT2D eigenvalue weighted by atomic mass is 10.0. The van der Waals surface area contributed by atoms with E-state index in [0.29, 0.717) is 6.42 Å².